The first-order valence-corrected chi connectivity index (χ1v) is 5.08. The second-order valence-corrected chi connectivity index (χ2v) is 3.44. The Balaban J connectivity index is 2.97. The van der Waals surface area contributed by atoms with Crippen LogP contribution in [0.1, 0.15) is 5.56 Å². The van der Waals surface area contributed by atoms with Gasteiger partial charge in [0.25, 0.3) is 0 Å². The molecule has 0 aromatic heterocycles. The van der Waals surface area contributed by atoms with Gasteiger partial charge in [-0.25, -0.2) is 4.79 Å². The van der Waals surface area contributed by atoms with Crippen molar-refractivity contribution in [1.29, 1.82) is 0 Å². The highest BCUT2D eigenvalue weighted by Gasteiger charge is 2.19. The van der Waals surface area contributed by atoms with Gasteiger partial charge < -0.3 is 19.3 Å². The number of carbonyl (C=O) groups is 1. The van der Waals surface area contributed by atoms with Crippen LogP contribution >= 0.6 is 0 Å². The average Bonchev–Trinajstić information content (AvgIpc) is 2.35. The van der Waals surface area contributed by atoms with E-state index in [0.29, 0.717) is 11.5 Å². The van der Waals surface area contributed by atoms with Crippen LogP contribution in [-0.4, -0.2) is 38.5 Å². The first-order valence-electron chi connectivity index (χ1n) is 5.08. The summed E-state index contributed by atoms with van der Waals surface area (Å²) in [6.45, 7) is 0. The lowest BCUT2D eigenvalue weighted by molar-refractivity contribution is -0.148. The monoisotopic (exact) mass is 240 g/mol. The molecule has 1 aromatic carbocycles. The summed E-state index contributed by atoms with van der Waals surface area (Å²) in [5.74, 6) is 0.271. The van der Waals surface area contributed by atoms with Crippen LogP contribution in [0.4, 0.5) is 0 Å². The third kappa shape index (κ3) is 3.35. The number of hydrogen-bond donors (Lipinski definition) is 1. The predicted octanol–water partition coefficient (Wildman–Crippen LogP) is 1.35. The second-order valence-electron chi connectivity index (χ2n) is 3.44. The molecule has 1 atom stereocenters. The van der Waals surface area contributed by atoms with Crippen molar-refractivity contribution >= 4 is 5.97 Å². The van der Waals surface area contributed by atoms with E-state index >= 15 is 0 Å². The van der Waals surface area contributed by atoms with Crippen LogP contribution in [0.3, 0.4) is 0 Å². The highest BCUT2D eigenvalue weighted by Crippen LogP contribution is 2.25. The first-order chi connectivity index (χ1) is 8.12. The molecule has 0 radical (unpaired) electrons. The summed E-state index contributed by atoms with van der Waals surface area (Å²) < 4.78 is 15.1. The summed E-state index contributed by atoms with van der Waals surface area (Å²) in [6.07, 6.45) is -0.664. The second kappa shape index (κ2) is 6.10. The van der Waals surface area contributed by atoms with Crippen molar-refractivity contribution < 1.29 is 24.1 Å². The summed E-state index contributed by atoms with van der Waals surface area (Å²) in [7, 11) is 4.45. The van der Waals surface area contributed by atoms with Crippen LogP contribution in [0.15, 0.2) is 18.2 Å². The van der Waals surface area contributed by atoms with Crippen molar-refractivity contribution in [2.75, 3.05) is 21.3 Å². The molecule has 0 amide bonds. The lowest BCUT2D eigenvalue weighted by atomic mass is 10.1. The van der Waals surface area contributed by atoms with Gasteiger partial charge in [0.1, 0.15) is 11.5 Å². The molecule has 94 valence electrons. The van der Waals surface area contributed by atoms with Crippen molar-refractivity contribution in [1.82, 2.24) is 0 Å². The Hall–Kier alpha value is -1.75. The van der Waals surface area contributed by atoms with Crippen molar-refractivity contribution in [2.24, 2.45) is 0 Å². The predicted molar refractivity (Wildman–Crippen MR) is 61.7 cm³/mol. The fourth-order valence-electron chi connectivity index (χ4n) is 1.51. The van der Waals surface area contributed by atoms with E-state index in [1.807, 2.05) is 0 Å². The van der Waals surface area contributed by atoms with Gasteiger partial charge in [-0.2, -0.15) is 0 Å². The van der Waals surface area contributed by atoms with E-state index < -0.39 is 12.1 Å². The van der Waals surface area contributed by atoms with Crippen LogP contribution in [0, 0.1) is 0 Å². The molecule has 0 fully saturated rings. The molecular weight excluding hydrogens is 224 g/mol. The molecule has 0 heterocycles. The van der Waals surface area contributed by atoms with Crippen molar-refractivity contribution in [3.05, 3.63) is 23.8 Å². The van der Waals surface area contributed by atoms with E-state index in [-0.39, 0.29) is 6.42 Å². The topological polar surface area (TPSA) is 65.0 Å². The Kier molecular flexibility index (Phi) is 4.78. The zero-order valence-corrected chi connectivity index (χ0v) is 10.1. The van der Waals surface area contributed by atoms with Gasteiger partial charge in [0, 0.05) is 19.1 Å². The maximum absolute atomic E-state index is 10.9. The van der Waals surface area contributed by atoms with Crippen LogP contribution in [0.5, 0.6) is 11.5 Å². The number of hydrogen-bond acceptors (Lipinski definition) is 4. The Morgan fingerprint density at radius 2 is 2.00 bits per heavy atom. The van der Waals surface area contributed by atoms with E-state index in [0.717, 1.165) is 5.56 Å². The lowest BCUT2D eigenvalue weighted by Gasteiger charge is -2.14. The largest absolute Gasteiger partial charge is 0.497 e. The van der Waals surface area contributed by atoms with Gasteiger partial charge in [-0.3, -0.25) is 0 Å². The molecule has 0 saturated heterocycles. The summed E-state index contributed by atoms with van der Waals surface area (Å²) in [4.78, 5) is 10.9. The van der Waals surface area contributed by atoms with Crippen LogP contribution in [0.25, 0.3) is 0 Å². The summed E-state index contributed by atoms with van der Waals surface area (Å²) in [6, 6.07) is 5.24. The van der Waals surface area contributed by atoms with E-state index in [1.54, 1.807) is 25.3 Å². The molecule has 1 aromatic rings. The highest BCUT2D eigenvalue weighted by atomic mass is 16.5. The number of carboxylic acid groups (broad SMARTS) is 1. The fourth-order valence-corrected chi connectivity index (χ4v) is 1.51. The minimum Gasteiger partial charge on any atom is -0.497 e. The van der Waals surface area contributed by atoms with E-state index in [1.165, 1.54) is 14.2 Å². The van der Waals surface area contributed by atoms with Crippen LogP contribution in [-0.2, 0) is 16.0 Å². The summed E-state index contributed by atoms with van der Waals surface area (Å²) in [5, 5.41) is 8.93. The molecule has 0 bridgehead atoms. The maximum atomic E-state index is 10.9. The number of benzene rings is 1. The molecule has 0 aliphatic rings. The van der Waals surface area contributed by atoms with Gasteiger partial charge in [-0.15, -0.1) is 0 Å². The van der Waals surface area contributed by atoms with Gasteiger partial charge in [0.05, 0.1) is 14.2 Å². The number of methoxy groups -OCH3 is 3. The molecule has 0 spiro atoms. The molecule has 0 unspecified atom stereocenters. The molecule has 5 heteroatoms. The third-order valence-electron chi connectivity index (χ3n) is 2.45. The maximum Gasteiger partial charge on any atom is 0.333 e. The SMILES string of the molecule is COc1ccc(OC)c(C[C@@H](OC)C(=O)O)c1. The van der Waals surface area contributed by atoms with Crippen LogP contribution < -0.4 is 9.47 Å². The Morgan fingerprint density at radius 3 is 2.47 bits per heavy atom. The zero-order chi connectivity index (χ0) is 12.8. The molecule has 1 N–H and O–H groups in total. The van der Waals surface area contributed by atoms with Gasteiger partial charge in [-0.1, -0.05) is 0 Å². The Morgan fingerprint density at radius 1 is 1.29 bits per heavy atom. The molecule has 0 aliphatic heterocycles. The minimum absolute atomic E-state index is 0.228. The standard InChI is InChI=1S/C12H16O5/c1-15-9-4-5-10(16-2)8(6-9)7-11(17-3)12(13)14/h4-6,11H,7H2,1-3H3,(H,13,14)/t11-/m1/s1. The van der Waals surface area contributed by atoms with E-state index in [2.05, 4.69) is 0 Å². The molecule has 17 heavy (non-hydrogen) atoms. The van der Waals surface area contributed by atoms with Crippen molar-refractivity contribution in [3.8, 4) is 11.5 Å². The summed E-state index contributed by atoms with van der Waals surface area (Å²) >= 11 is 0. The molecule has 0 saturated carbocycles. The number of rotatable bonds is 6. The molecule has 0 aliphatic carbocycles. The number of aliphatic carboxylic acids is 1. The lowest BCUT2D eigenvalue weighted by Crippen LogP contribution is -2.25. The van der Waals surface area contributed by atoms with Gasteiger partial charge >= 0.3 is 5.97 Å². The van der Waals surface area contributed by atoms with Gasteiger partial charge in [0.15, 0.2) is 6.10 Å². The number of ether oxygens (including phenoxy) is 3. The molecule has 5 nitrogen and oxygen atoms in total. The Bertz CT molecular complexity index is 388. The van der Waals surface area contributed by atoms with Crippen LogP contribution in [0.2, 0.25) is 0 Å². The number of carboxylic acids is 1. The first kappa shape index (κ1) is 13.3. The zero-order valence-electron chi connectivity index (χ0n) is 10.1. The van der Waals surface area contributed by atoms with Crippen molar-refractivity contribution in [3.63, 3.8) is 0 Å². The van der Waals surface area contributed by atoms with E-state index in [9.17, 15) is 4.79 Å². The normalized spacial score (nSPS) is 11.9. The molecular formula is C12H16O5. The van der Waals surface area contributed by atoms with Gasteiger partial charge in [-0.05, 0) is 18.2 Å². The van der Waals surface area contributed by atoms with Gasteiger partial charge in [0.2, 0.25) is 0 Å². The quantitative estimate of drug-likeness (QED) is 0.813. The van der Waals surface area contributed by atoms with E-state index in [4.69, 9.17) is 19.3 Å². The Labute approximate surface area is 99.9 Å². The smallest absolute Gasteiger partial charge is 0.333 e. The highest BCUT2D eigenvalue weighted by molar-refractivity contribution is 5.73. The summed E-state index contributed by atoms with van der Waals surface area (Å²) in [5.41, 5.74) is 0.737. The van der Waals surface area contributed by atoms with Crippen molar-refractivity contribution in [2.45, 2.75) is 12.5 Å². The minimum atomic E-state index is -1.00. The fraction of sp³-hybridized carbons (Fsp3) is 0.417. The average molecular weight is 240 g/mol. The third-order valence-corrected chi connectivity index (χ3v) is 2.45. The molecule has 1 rings (SSSR count).